The second-order valence-corrected chi connectivity index (χ2v) is 18.8. The van der Waals surface area contributed by atoms with Crippen LogP contribution in [0, 0.1) is 0 Å². The average molecular weight is 863 g/mol. The van der Waals surface area contributed by atoms with E-state index in [4.69, 9.17) is 14.2 Å². The molecule has 0 aromatic rings. The molecule has 8 heteroatoms. The van der Waals surface area contributed by atoms with E-state index in [9.17, 15) is 19.5 Å². The Bertz CT molecular complexity index is 1050. The van der Waals surface area contributed by atoms with E-state index in [2.05, 4.69) is 38.2 Å². The van der Waals surface area contributed by atoms with E-state index in [1.165, 1.54) is 173 Å². The van der Waals surface area contributed by atoms with Crippen LogP contribution in [0.3, 0.4) is 0 Å². The van der Waals surface area contributed by atoms with Crippen molar-refractivity contribution in [3.05, 3.63) is 24.3 Å². The summed E-state index contributed by atoms with van der Waals surface area (Å²) in [6.45, 7) is 4.76. The molecule has 0 saturated carbocycles. The lowest BCUT2D eigenvalue weighted by Crippen LogP contribution is -2.50. The van der Waals surface area contributed by atoms with Gasteiger partial charge in [-0.3, -0.25) is 9.59 Å². The first kappa shape index (κ1) is 58.8. The van der Waals surface area contributed by atoms with E-state index < -0.39 is 18.1 Å². The number of ether oxygens (including phenoxy) is 3. The zero-order valence-electron chi connectivity index (χ0n) is 40.9. The van der Waals surface area contributed by atoms with Gasteiger partial charge < -0.3 is 23.8 Å². The van der Waals surface area contributed by atoms with Crippen molar-refractivity contribution in [3.63, 3.8) is 0 Å². The van der Waals surface area contributed by atoms with E-state index >= 15 is 0 Å². The molecular weight excluding hydrogens is 763 g/mol. The number of quaternary nitrogens is 1. The number of carbonyl (C=O) groups excluding carboxylic acids is 2. The van der Waals surface area contributed by atoms with Crippen LogP contribution in [0.25, 0.3) is 0 Å². The van der Waals surface area contributed by atoms with Crippen molar-refractivity contribution in [1.29, 1.82) is 0 Å². The van der Waals surface area contributed by atoms with Crippen LogP contribution in [0.2, 0.25) is 0 Å². The minimum absolute atomic E-state index is 0.0514. The molecule has 0 aliphatic carbocycles. The van der Waals surface area contributed by atoms with Crippen LogP contribution in [0.4, 0.5) is 0 Å². The van der Waals surface area contributed by atoms with Crippen molar-refractivity contribution in [3.8, 4) is 0 Å². The Morgan fingerprint density at radius 3 is 1.18 bits per heavy atom. The summed E-state index contributed by atoms with van der Waals surface area (Å²) in [5, 5.41) is 9.65. The minimum Gasteiger partial charge on any atom is -0.477 e. The third kappa shape index (κ3) is 42.9. The monoisotopic (exact) mass is 863 g/mol. The quantitative estimate of drug-likeness (QED) is 0.0281. The van der Waals surface area contributed by atoms with Crippen LogP contribution in [0.1, 0.15) is 245 Å². The fourth-order valence-electron chi connectivity index (χ4n) is 7.79. The first-order valence-corrected chi connectivity index (χ1v) is 25.9. The molecule has 0 spiro atoms. The van der Waals surface area contributed by atoms with Crippen LogP contribution in [0.5, 0.6) is 0 Å². The number of nitrogens with zero attached hydrogens (tertiary/aromatic N) is 1. The molecule has 2 unspecified atom stereocenters. The molecule has 0 rings (SSSR count). The molecule has 2 atom stereocenters. The first-order chi connectivity index (χ1) is 29.6. The van der Waals surface area contributed by atoms with Gasteiger partial charge in [0.1, 0.15) is 6.61 Å². The number of carboxylic acid groups (broad SMARTS) is 1. The molecule has 0 fully saturated rings. The molecule has 61 heavy (non-hydrogen) atoms. The second-order valence-electron chi connectivity index (χ2n) is 18.8. The summed E-state index contributed by atoms with van der Waals surface area (Å²) in [5.74, 6) is -1.46. The maximum absolute atomic E-state index is 12.8. The van der Waals surface area contributed by atoms with Gasteiger partial charge in [0.25, 0.3) is 0 Å². The third-order valence-electron chi connectivity index (χ3n) is 11.8. The predicted octanol–water partition coefficient (Wildman–Crippen LogP) is 14.8. The molecule has 0 bridgehead atoms. The van der Waals surface area contributed by atoms with Crippen molar-refractivity contribution >= 4 is 17.9 Å². The van der Waals surface area contributed by atoms with Gasteiger partial charge in [-0.2, -0.15) is 0 Å². The number of carboxylic acids is 1. The van der Waals surface area contributed by atoms with E-state index in [1.807, 2.05) is 21.1 Å². The normalized spacial score (nSPS) is 13.0. The number of rotatable bonds is 47. The highest BCUT2D eigenvalue weighted by Gasteiger charge is 2.31. The zero-order chi connectivity index (χ0) is 44.9. The number of allylic oxidation sites excluding steroid dienone is 4. The summed E-state index contributed by atoms with van der Waals surface area (Å²) >= 11 is 0. The number of esters is 2. The Labute approximate surface area is 377 Å². The van der Waals surface area contributed by atoms with Crippen LogP contribution < -0.4 is 0 Å². The van der Waals surface area contributed by atoms with Crippen molar-refractivity contribution < 1.29 is 38.2 Å². The third-order valence-corrected chi connectivity index (χ3v) is 11.8. The first-order valence-electron chi connectivity index (χ1n) is 25.9. The van der Waals surface area contributed by atoms with Gasteiger partial charge in [-0.1, -0.05) is 186 Å². The molecule has 0 aromatic heterocycles. The molecule has 0 aromatic carbocycles. The maximum Gasteiger partial charge on any atom is 0.362 e. The van der Waals surface area contributed by atoms with Crippen LogP contribution in [0.15, 0.2) is 24.3 Å². The number of unbranched alkanes of at least 4 members (excludes halogenated alkanes) is 29. The van der Waals surface area contributed by atoms with Gasteiger partial charge in [-0.05, 0) is 64.2 Å². The average Bonchev–Trinajstić information content (AvgIpc) is 3.22. The topological polar surface area (TPSA) is 99.1 Å². The van der Waals surface area contributed by atoms with Gasteiger partial charge in [0, 0.05) is 19.3 Å². The summed E-state index contributed by atoms with van der Waals surface area (Å²) < 4.78 is 17.4. The summed E-state index contributed by atoms with van der Waals surface area (Å²) in [7, 11) is 5.54. The molecule has 0 heterocycles. The van der Waals surface area contributed by atoms with Gasteiger partial charge in [-0.15, -0.1) is 0 Å². The number of carbonyl (C=O) groups is 3. The lowest BCUT2D eigenvalue weighted by atomic mass is 10.1. The highest BCUT2D eigenvalue weighted by atomic mass is 16.6. The van der Waals surface area contributed by atoms with E-state index in [1.54, 1.807) is 0 Å². The minimum atomic E-state index is -0.873. The molecule has 0 radical (unpaired) electrons. The number of hydrogen-bond acceptors (Lipinski definition) is 6. The van der Waals surface area contributed by atoms with E-state index in [0.29, 0.717) is 19.3 Å². The SMILES string of the molecule is CCCCCCCC/C=C/CCCCCCCCCC(=O)OC(COCCC(C(=O)O)[N+](C)(C)C)COC(=O)CCCCCCCCC/C=C/CCCCCCCCCCC. The fraction of sp³-hybridized carbons (Fsp3) is 0.868. The van der Waals surface area contributed by atoms with Gasteiger partial charge in [0.05, 0.1) is 34.4 Å². The Balaban J connectivity index is 4.23. The van der Waals surface area contributed by atoms with Crippen molar-refractivity contribution in [2.45, 2.75) is 257 Å². The number of hydrogen-bond donors (Lipinski definition) is 1. The van der Waals surface area contributed by atoms with Crippen molar-refractivity contribution in [2.75, 3.05) is 41.0 Å². The van der Waals surface area contributed by atoms with Gasteiger partial charge in [0.15, 0.2) is 12.1 Å². The highest BCUT2D eigenvalue weighted by molar-refractivity contribution is 5.72. The number of aliphatic carboxylic acids is 1. The summed E-state index contributed by atoms with van der Waals surface area (Å²) in [6, 6.07) is -0.614. The predicted molar refractivity (Wildman–Crippen MR) is 257 cm³/mol. The fourth-order valence-corrected chi connectivity index (χ4v) is 7.79. The largest absolute Gasteiger partial charge is 0.477 e. The van der Waals surface area contributed by atoms with Gasteiger partial charge >= 0.3 is 17.9 Å². The molecule has 0 amide bonds. The second kappa shape index (κ2) is 44.4. The smallest absolute Gasteiger partial charge is 0.362 e. The highest BCUT2D eigenvalue weighted by Crippen LogP contribution is 2.15. The Morgan fingerprint density at radius 2 is 0.820 bits per heavy atom. The standard InChI is InChI=1S/C53H99NO7/c1-6-8-10-12-14-16-18-20-22-24-25-26-28-29-31-33-35-37-39-41-43-51(55)60-48-49(47-59-46-45-50(53(57)58)54(3,4)5)61-52(56)44-42-40-38-36-34-32-30-27-23-21-19-17-15-13-11-9-7-2/h21,23,25-26,49-50H,6-20,22,24,27-48H2,1-5H3/p+1/b23-21+,26-25+. The van der Waals surface area contributed by atoms with Gasteiger partial charge in [-0.25, -0.2) is 4.79 Å². The molecular formula is C53H100NO7+. The molecule has 1 N–H and O–H groups in total. The summed E-state index contributed by atoms with van der Waals surface area (Å²) in [6.07, 6.45) is 50.8. The lowest BCUT2D eigenvalue weighted by Gasteiger charge is -2.31. The molecule has 0 aliphatic heterocycles. The zero-order valence-corrected chi connectivity index (χ0v) is 40.9. The van der Waals surface area contributed by atoms with Crippen molar-refractivity contribution in [2.24, 2.45) is 0 Å². The lowest BCUT2D eigenvalue weighted by molar-refractivity contribution is -0.887. The van der Waals surface area contributed by atoms with Crippen LogP contribution in [-0.4, -0.2) is 80.6 Å². The molecule has 0 aliphatic rings. The van der Waals surface area contributed by atoms with Crippen LogP contribution in [-0.2, 0) is 28.6 Å². The molecule has 0 saturated heterocycles. The Hall–Kier alpha value is -2.19. The van der Waals surface area contributed by atoms with Crippen molar-refractivity contribution in [1.82, 2.24) is 0 Å². The molecule has 8 nitrogen and oxygen atoms in total. The Kier molecular flexibility index (Phi) is 42.8. The van der Waals surface area contributed by atoms with E-state index in [0.717, 1.165) is 38.5 Å². The summed E-state index contributed by atoms with van der Waals surface area (Å²) in [4.78, 5) is 37.1. The van der Waals surface area contributed by atoms with E-state index in [-0.39, 0.29) is 36.2 Å². The summed E-state index contributed by atoms with van der Waals surface area (Å²) in [5.41, 5.74) is 0. The van der Waals surface area contributed by atoms with Gasteiger partial charge in [0.2, 0.25) is 0 Å². The Morgan fingerprint density at radius 1 is 0.475 bits per heavy atom. The molecule has 358 valence electrons. The maximum atomic E-state index is 12.8. The van der Waals surface area contributed by atoms with Crippen LogP contribution >= 0.6 is 0 Å². The number of likely N-dealkylation sites (N-methyl/N-ethyl adjacent to an activating group) is 1.